The van der Waals surface area contributed by atoms with E-state index in [9.17, 15) is 4.79 Å². The third-order valence-electron chi connectivity index (χ3n) is 2.77. The number of nitrogens with two attached hydrogens (primary N) is 2. The van der Waals surface area contributed by atoms with Gasteiger partial charge in [0.05, 0.1) is 5.52 Å². The molecule has 0 aliphatic carbocycles. The van der Waals surface area contributed by atoms with Crippen LogP contribution in [0.5, 0.6) is 0 Å². The first kappa shape index (κ1) is 11.2. The van der Waals surface area contributed by atoms with E-state index in [1.807, 2.05) is 18.2 Å². The van der Waals surface area contributed by atoms with E-state index in [1.165, 1.54) is 4.68 Å². The number of hydrogen-bond donors (Lipinski definition) is 2. The molecule has 0 radical (unpaired) electrons. The number of carbonyl (C=O) groups excluding carboxylic acids is 1. The first-order valence-electron chi connectivity index (χ1n) is 5.65. The van der Waals surface area contributed by atoms with E-state index in [0.717, 1.165) is 10.9 Å². The largest absolute Gasteiger partial charge is 0.399 e. The second-order valence-corrected chi connectivity index (χ2v) is 4.13. The van der Waals surface area contributed by atoms with Gasteiger partial charge < -0.3 is 11.5 Å². The summed E-state index contributed by atoms with van der Waals surface area (Å²) in [5, 5.41) is 5.01. The third-order valence-corrected chi connectivity index (χ3v) is 2.77. The van der Waals surface area contributed by atoms with E-state index in [4.69, 9.17) is 11.5 Å². The van der Waals surface area contributed by atoms with E-state index in [0.29, 0.717) is 11.5 Å². The summed E-state index contributed by atoms with van der Waals surface area (Å²) in [7, 11) is 0. The summed E-state index contributed by atoms with van der Waals surface area (Å²) in [6, 6.07) is 10.7. The number of rotatable bonds is 2. The number of pyridine rings is 1. The van der Waals surface area contributed by atoms with Crippen LogP contribution in [0.15, 0.2) is 42.6 Å². The predicted molar refractivity (Wildman–Crippen MR) is 71.8 cm³/mol. The highest BCUT2D eigenvalue weighted by molar-refractivity contribution is 5.90. The zero-order valence-electron chi connectivity index (χ0n) is 9.95. The molecule has 94 valence electrons. The highest BCUT2D eigenvalue weighted by atomic mass is 16.1. The number of nitrogen functional groups attached to an aromatic ring is 1. The summed E-state index contributed by atoms with van der Waals surface area (Å²) in [6.07, 6.45) is 1.64. The van der Waals surface area contributed by atoms with Crippen molar-refractivity contribution < 1.29 is 4.79 Å². The molecule has 6 nitrogen and oxygen atoms in total. The molecule has 0 saturated carbocycles. The number of carbonyl (C=O) groups is 1. The fourth-order valence-corrected chi connectivity index (χ4v) is 1.84. The summed E-state index contributed by atoms with van der Waals surface area (Å²) in [6.45, 7) is 0. The van der Waals surface area contributed by atoms with Crippen LogP contribution in [-0.4, -0.2) is 20.7 Å². The van der Waals surface area contributed by atoms with Crippen LogP contribution in [0.25, 0.3) is 16.7 Å². The second kappa shape index (κ2) is 4.09. The number of benzene rings is 1. The summed E-state index contributed by atoms with van der Waals surface area (Å²) in [4.78, 5) is 15.5. The molecule has 3 aromatic rings. The van der Waals surface area contributed by atoms with Crippen molar-refractivity contribution in [3.05, 3.63) is 48.3 Å². The van der Waals surface area contributed by atoms with Crippen molar-refractivity contribution in [1.82, 2.24) is 14.8 Å². The molecule has 0 aliphatic rings. The summed E-state index contributed by atoms with van der Waals surface area (Å²) < 4.78 is 1.51. The Morgan fingerprint density at radius 2 is 2.00 bits per heavy atom. The van der Waals surface area contributed by atoms with Crippen LogP contribution in [0.4, 0.5) is 5.69 Å². The highest BCUT2D eigenvalue weighted by Gasteiger charge is 2.07. The molecular weight excluding hydrogens is 242 g/mol. The van der Waals surface area contributed by atoms with E-state index in [2.05, 4.69) is 10.1 Å². The van der Waals surface area contributed by atoms with Crippen LogP contribution in [0.3, 0.4) is 0 Å². The van der Waals surface area contributed by atoms with Crippen molar-refractivity contribution in [2.24, 2.45) is 5.73 Å². The summed E-state index contributed by atoms with van der Waals surface area (Å²) >= 11 is 0. The third kappa shape index (κ3) is 1.99. The molecule has 1 amide bonds. The van der Waals surface area contributed by atoms with Crippen molar-refractivity contribution in [3.8, 4) is 5.82 Å². The molecule has 4 N–H and O–H groups in total. The van der Waals surface area contributed by atoms with Gasteiger partial charge in [0.1, 0.15) is 5.69 Å². The van der Waals surface area contributed by atoms with Gasteiger partial charge in [-0.15, -0.1) is 0 Å². The molecular formula is C13H11N5O. The molecule has 0 unspecified atom stereocenters. The van der Waals surface area contributed by atoms with Gasteiger partial charge in [0.15, 0.2) is 5.82 Å². The van der Waals surface area contributed by atoms with E-state index in [-0.39, 0.29) is 5.69 Å². The maximum absolute atomic E-state index is 11.0. The minimum Gasteiger partial charge on any atom is -0.399 e. The number of primary amides is 1. The van der Waals surface area contributed by atoms with Crippen molar-refractivity contribution in [3.63, 3.8) is 0 Å². The maximum atomic E-state index is 11.0. The zero-order valence-corrected chi connectivity index (χ0v) is 9.95. The fourth-order valence-electron chi connectivity index (χ4n) is 1.84. The van der Waals surface area contributed by atoms with Crippen LogP contribution >= 0.6 is 0 Å². The number of aromatic nitrogens is 3. The second-order valence-electron chi connectivity index (χ2n) is 4.13. The smallest absolute Gasteiger partial charge is 0.269 e. The highest BCUT2D eigenvalue weighted by Crippen LogP contribution is 2.17. The van der Waals surface area contributed by atoms with E-state index >= 15 is 0 Å². The monoisotopic (exact) mass is 253 g/mol. The Labute approximate surface area is 108 Å². The van der Waals surface area contributed by atoms with Gasteiger partial charge in [0, 0.05) is 17.3 Å². The van der Waals surface area contributed by atoms with Crippen LogP contribution < -0.4 is 11.5 Å². The molecule has 0 atom stereocenters. The van der Waals surface area contributed by atoms with Gasteiger partial charge in [-0.05, 0) is 36.4 Å². The quantitative estimate of drug-likeness (QED) is 0.668. The minimum atomic E-state index is -0.563. The van der Waals surface area contributed by atoms with Gasteiger partial charge in [0.2, 0.25) is 0 Å². The predicted octanol–water partition coefficient (Wildman–Crippen LogP) is 1.10. The summed E-state index contributed by atoms with van der Waals surface area (Å²) in [5.74, 6) is 0.0529. The normalized spacial score (nSPS) is 10.7. The van der Waals surface area contributed by atoms with Gasteiger partial charge >= 0.3 is 0 Å². The molecule has 0 aliphatic heterocycles. The number of fused-ring (bicyclic) bond motifs is 1. The lowest BCUT2D eigenvalue weighted by Crippen LogP contribution is -2.12. The molecule has 0 fully saturated rings. The number of nitrogens with zero attached hydrogens (tertiary/aromatic N) is 3. The Morgan fingerprint density at radius 3 is 2.74 bits per heavy atom. The van der Waals surface area contributed by atoms with E-state index in [1.54, 1.807) is 24.4 Å². The van der Waals surface area contributed by atoms with Gasteiger partial charge in [-0.2, -0.15) is 5.10 Å². The van der Waals surface area contributed by atoms with Crippen molar-refractivity contribution in [2.45, 2.75) is 0 Å². The Balaban J connectivity index is 2.09. The van der Waals surface area contributed by atoms with Gasteiger partial charge in [-0.3, -0.25) is 4.79 Å². The standard InChI is InChI=1S/C13H11N5O/c14-9-2-3-10-8(7-9)1-4-12(16-10)18-6-5-11(17-18)13(15)19/h1-7H,14H2,(H2,15,19). The first-order chi connectivity index (χ1) is 9.13. The average Bonchev–Trinajstić information content (AvgIpc) is 2.88. The van der Waals surface area contributed by atoms with Crippen LogP contribution in [0.2, 0.25) is 0 Å². The SMILES string of the molecule is NC(=O)c1ccn(-c2ccc3cc(N)ccc3n2)n1. The molecule has 3 rings (SSSR count). The van der Waals surface area contributed by atoms with Gasteiger partial charge in [0.25, 0.3) is 5.91 Å². The first-order valence-corrected chi connectivity index (χ1v) is 5.65. The Kier molecular flexibility index (Phi) is 2.42. The molecule has 2 aromatic heterocycles. The molecule has 0 spiro atoms. The zero-order chi connectivity index (χ0) is 13.4. The van der Waals surface area contributed by atoms with Gasteiger partial charge in [-0.1, -0.05) is 0 Å². The van der Waals surface area contributed by atoms with Crippen LogP contribution in [-0.2, 0) is 0 Å². The number of anilines is 1. The fraction of sp³-hybridized carbons (Fsp3) is 0. The number of hydrogen-bond acceptors (Lipinski definition) is 4. The summed E-state index contributed by atoms with van der Waals surface area (Å²) in [5.41, 5.74) is 12.6. The Morgan fingerprint density at radius 1 is 1.16 bits per heavy atom. The van der Waals surface area contributed by atoms with E-state index < -0.39 is 5.91 Å². The molecule has 2 heterocycles. The average molecular weight is 253 g/mol. The van der Waals surface area contributed by atoms with Crippen LogP contribution in [0, 0.1) is 0 Å². The molecule has 0 saturated heterocycles. The Bertz CT molecular complexity index is 778. The van der Waals surface area contributed by atoms with Crippen molar-refractivity contribution >= 4 is 22.5 Å². The lowest BCUT2D eigenvalue weighted by molar-refractivity contribution is 0.0995. The van der Waals surface area contributed by atoms with Crippen molar-refractivity contribution in [1.29, 1.82) is 0 Å². The topological polar surface area (TPSA) is 99.8 Å². The Hall–Kier alpha value is -2.89. The maximum Gasteiger partial charge on any atom is 0.269 e. The number of amides is 1. The van der Waals surface area contributed by atoms with Gasteiger partial charge in [-0.25, -0.2) is 9.67 Å². The van der Waals surface area contributed by atoms with Crippen molar-refractivity contribution in [2.75, 3.05) is 5.73 Å². The molecule has 0 bridgehead atoms. The lowest BCUT2D eigenvalue weighted by atomic mass is 10.2. The molecule has 1 aromatic carbocycles. The molecule has 19 heavy (non-hydrogen) atoms. The molecule has 6 heteroatoms. The van der Waals surface area contributed by atoms with Crippen LogP contribution in [0.1, 0.15) is 10.5 Å². The minimum absolute atomic E-state index is 0.208. The lowest BCUT2D eigenvalue weighted by Gasteiger charge is -2.03.